The lowest BCUT2D eigenvalue weighted by Gasteiger charge is -2.31. The molecule has 1 unspecified atom stereocenters. The summed E-state index contributed by atoms with van der Waals surface area (Å²) in [4.78, 5) is 26.1. The zero-order valence-electron chi connectivity index (χ0n) is 21.9. The third kappa shape index (κ3) is 6.54. The van der Waals surface area contributed by atoms with Gasteiger partial charge in [-0.2, -0.15) is 10.4 Å². The molecule has 2 aliphatic rings. The SMILES string of the molecule is CN1CCN(CC(=O)Nc2cccc(Nc3nccc(-c4cnn(C(CC#N)C5CCCC5)c4)n3)c2)CC1. The number of nitrogens with one attached hydrogen (secondary N) is 2. The normalized spacial score (nSPS) is 17.7. The van der Waals surface area contributed by atoms with E-state index in [0.29, 0.717) is 24.8 Å². The Morgan fingerprint density at radius 1 is 1.16 bits per heavy atom. The Labute approximate surface area is 223 Å². The number of nitrogens with zero attached hydrogens (tertiary/aromatic N) is 7. The summed E-state index contributed by atoms with van der Waals surface area (Å²) in [6, 6.07) is 11.9. The number of piperazine rings is 1. The lowest BCUT2D eigenvalue weighted by molar-refractivity contribution is -0.117. The molecule has 5 rings (SSSR count). The van der Waals surface area contributed by atoms with Gasteiger partial charge in [0.05, 0.1) is 37.0 Å². The fraction of sp³-hybridized carbons (Fsp3) is 0.464. The van der Waals surface area contributed by atoms with Gasteiger partial charge < -0.3 is 15.5 Å². The fourth-order valence-electron chi connectivity index (χ4n) is 5.36. The smallest absolute Gasteiger partial charge is 0.238 e. The van der Waals surface area contributed by atoms with Gasteiger partial charge in [0, 0.05) is 55.5 Å². The van der Waals surface area contributed by atoms with E-state index in [4.69, 9.17) is 0 Å². The van der Waals surface area contributed by atoms with Crippen molar-refractivity contribution in [2.75, 3.05) is 50.4 Å². The summed E-state index contributed by atoms with van der Waals surface area (Å²) >= 11 is 0. The van der Waals surface area contributed by atoms with Gasteiger partial charge in [-0.05, 0) is 50.1 Å². The number of likely N-dealkylation sites (N-methyl/N-ethyl adjacent to an activating group) is 1. The van der Waals surface area contributed by atoms with E-state index in [1.807, 2.05) is 47.4 Å². The molecule has 0 spiro atoms. The first-order valence-corrected chi connectivity index (χ1v) is 13.4. The molecule has 2 N–H and O–H groups in total. The average molecular weight is 514 g/mol. The largest absolute Gasteiger partial charge is 0.325 e. The van der Waals surface area contributed by atoms with Crippen molar-refractivity contribution in [3.63, 3.8) is 0 Å². The number of hydrogen-bond donors (Lipinski definition) is 2. The molecule has 2 fully saturated rings. The molecule has 0 bridgehead atoms. The van der Waals surface area contributed by atoms with Crippen LogP contribution in [-0.4, -0.2) is 75.2 Å². The molecule has 38 heavy (non-hydrogen) atoms. The van der Waals surface area contributed by atoms with Crippen LogP contribution < -0.4 is 10.6 Å². The molecular weight excluding hydrogens is 478 g/mol. The van der Waals surface area contributed by atoms with Crippen molar-refractivity contribution < 1.29 is 4.79 Å². The van der Waals surface area contributed by atoms with E-state index in [1.54, 1.807) is 6.20 Å². The Bertz CT molecular complexity index is 1270. The highest BCUT2D eigenvalue weighted by molar-refractivity contribution is 5.92. The molecule has 3 aromatic rings. The van der Waals surface area contributed by atoms with Crippen LogP contribution >= 0.6 is 0 Å². The van der Waals surface area contributed by atoms with Gasteiger partial charge in [0.1, 0.15) is 0 Å². The molecule has 1 aliphatic heterocycles. The van der Waals surface area contributed by atoms with Crippen molar-refractivity contribution in [1.29, 1.82) is 5.26 Å². The maximum absolute atomic E-state index is 12.6. The highest BCUT2D eigenvalue weighted by Crippen LogP contribution is 2.36. The molecule has 1 aliphatic carbocycles. The first kappa shape index (κ1) is 25.8. The molecule has 1 amide bonds. The molecular formula is C28H35N9O. The summed E-state index contributed by atoms with van der Waals surface area (Å²) < 4.78 is 1.94. The van der Waals surface area contributed by atoms with Crippen LogP contribution in [0, 0.1) is 17.2 Å². The second kappa shape index (κ2) is 12.2. The van der Waals surface area contributed by atoms with Gasteiger partial charge in [-0.25, -0.2) is 9.97 Å². The number of carbonyl (C=O) groups is 1. The summed E-state index contributed by atoms with van der Waals surface area (Å²) in [5.41, 5.74) is 3.15. The Hall–Kier alpha value is -3.81. The van der Waals surface area contributed by atoms with Gasteiger partial charge in [-0.1, -0.05) is 18.9 Å². The van der Waals surface area contributed by atoms with Crippen LogP contribution in [-0.2, 0) is 4.79 Å². The fourth-order valence-corrected chi connectivity index (χ4v) is 5.36. The predicted molar refractivity (Wildman–Crippen MR) is 147 cm³/mol. The second-order valence-corrected chi connectivity index (χ2v) is 10.3. The third-order valence-corrected chi connectivity index (χ3v) is 7.50. The van der Waals surface area contributed by atoms with E-state index in [2.05, 4.69) is 48.6 Å². The predicted octanol–water partition coefficient (Wildman–Crippen LogP) is 3.91. The Balaban J connectivity index is 1.23. The first-order chi connectivity index (χ1) is 18.6. The minimum absolute atomic E-state index is 0.0192. The molecule has 10 heteroatoms. The van der Waals surface area contributed by atoms with Crippen LogP contribution in [0.15, 0.2) is 48.9 Å². The van der Waals surface area contributed by atoms with Crippen molar-refractivity contribution >= 4 is 23.2 Å². The number of carbonyl (C=O) groups excluding carboxylic acids is 1. The quantitative estimate of drug-likeness (QED) is 0.443. The highest BCUT2D eigenvalue weighted by atomic mass is 16.2. The standard InChI is InChI=1S/C28H35N9O/c1-35-13-15-36(16-14-35)20-27(38)32-23-7-4-8-24(17-23)33-28-30-12-10-25(34-28)22-18-31-37(19-22)26(9-11-29)21-5-2-3-6-21/h4,7-8,10,12,17-19,21,26H,2-3,5-6,9,13-16,20H2,1H3,(H,32,38)(H,30,33,34). The van der Waals surface area contributed by atoms with Crippen molar-refractivity contribution in [2.45, 2.75) is 38.1 Å². The maximum Gasteiger partial charge on any atom is 0.238 e. The van der Waals surface area contributed by atoms with Crippen LogP contribution in [0.2, 0.25) is 0 Å². The molecule has 0 radical (unpaired) electrons. The van der Waals surface area contributed by atoms with Gasteiger partial charge in [0.25, 0.3) is 0 Å². The molecule has 1 aromatic carbocycles. The zero-order chi connectivity index (χ0) is 26.3. The Morgan fingerprint density at radius 3 is 2.74 bits per heavy atom. The number of nitriles is 1. The molecule has 3 heterocycles. The second-order valence-electron chi connectivity index (χ2n) is 10.3. The van der Waals surface area contributed by atoms with Gasteiger partial charge >= 0.3 is 0 Å². The summed E-state index contributed by atoms with van der Waals surface area (Å²) in [6.07, 6.45) is 10.7. The van der Waals surface area contributed by atoms with Crippen LogP contribution in [0.5, 0.6) is 0 Å². The number of anilines is 3. The van der Waals surface area contributed by atoms with Gasteiger partial charge in [-0.3, -0.25) is 14.4 Å². The average Bonchev–Trinajstić information content (AvgIpc) is 3.62. The van der Waals surface area contributed by atoms with Gasteiger partial charge in [-0.15, -0.1) is 0 Å². The molecule has 198 valence electrons. The van der Waals surface area contributed by atoms with Crippen LogP contribution in [0.3, 0.4) is 0 Å². The minimum Gasteiger partial charge on any atom is -0.325 e. The van der Waals surface area contributed by atoms with E-state index in [-0.39, 0.29) is 11.9 Å². The summed E-state index contributed by atoms with van der Waals surface area (Å²) in [7, 11) is 2.10. The number of benzene rings is 1. The minimum atomic E-state index is -0.0192. The van der Waals surface area contributed by atoms with Crippen LogP contribution in [0.1, 0.15) is 38.1 Å². The Kier molecular flexibility index (Phi) is 8.26. The maximum atomic E-state index is 12.6. The zero-order valence-corrected chi connectivity index (χ0v) is 21.9. The van der Waals surface area contributed by atoms with Gasteiger partial charge in [0.2, 0.25) is 11.9 Å². The van der Waals surface area contributed by atoms with Crippen LogP contribution in [0.25, 0.3) is 11.3 Å². The summed E-state index contributed by atoms with van der Waals surface area (Å²) in [5, 5.41) is 20.2. The van der Waals surface area contributed by atoms with E-state index in [0.717, 1.165) is 61.7 Å². The van der Waals surface area contributed by atoms with E-state index in [9.17, 15) is 10.1 Å². The highest BCUT2D eigenvalue weighted by Gasteiger charge is 2.27. The van der Waals surface area contributed by atoms with Crippen molar-refractivity contribution in [3.8, 4) is 17.3 Å². The number of rotatable bonds is 9. The summed E-state index contributed by atoms with van der Waals surface area (Å²) in [6.45, 7) is 4.15. The molecule has 2 aromatic heterocycles. The van der Waals surface area contributed by atoms with Crippen molar-refractivity contribution in [1.82, 2.24) is 29.5 Å². The molecule has 1 atom stereocenters. The number of hydrogen-bond acceptors (Lipinski definition) is 8. The summed E-state index contributed by atoms with van der Waals surface area (Å²) in [5.74, 6) is 0.939. The lowest BCUT2D eigenvalue weighted by Crippen LogP contribution is -2.47. The topological polar surface area (TPSA) is 115 Å². The van der Waals surface area contributed by atoms with E-state index < -0.39 is 0 Å². The first-order valence-electron chi connectivity index (χ1n) is 13.4. The van der Waals surface area contributed by atoms with E-state index >= 15 is 0 Å². The van der Waals surface area contributed by atoms with Crippen molar-refractivity contribution in [3.05, 3.63) is 48.9 Å². The molecule has 1 saturated heterocycles. The molecule has 10 nitrogen and oxygen atoms in total. The number of amides is 1. The number of aromatic nitrogens is 4. The van der Waals surface area contributed by atoms with Crippen LogP contribution in [0.4, 0.5) is 17.3 Å². The lowest BCUT2D eigenvalue weighted by atomic mass is 9.96. The van der Waals surface area contributed by atoms with Crippen molar-refractivity contribution in [2.24, 2.45) is 5.92 Å². The Morgan fingerprint density at radius 2 is 1.95 bits per heavy atom. The third-order valence-electron chi connectivity index (χ3n) is 7.50. The monoisotopic (exact) mass is 513 g/mol. The molecule has 1 saturated carbocycles. The van der Waals surface area contributed by atoms with Gasteiger partial charge in [0.15, 0.2) is 0 Å². The van der Waals surface area contributed by atoms with E-state index in [1.165, 1.54) is 12.8 Å².